The van der Waals surface area contributed by atoms with Crippen LogP contribution >= 0.6 is 0 Å². The van der Waals surface area contributed by atoms with E-state index in [1.54, 1.807) is 24.3 Å². The summed E-state index contributed by atoms with van der Waals surface area (Å²) in [6.45, 7) is 4.03. The maximum absolute atomic E-state index is 12.0. The van der Waals surface area contributed by atoms with Gasteiger partial charge >= 0.3 is 0 Å². The van der Waals surface area contributed by atoms with E-state index in [0.29, 0.717) is 17.8 Å². The highest BCUT2D eigenvalue weighted by molar-refractivity contribution is 6.03. The summed E-state index contributed by atoms with van der Waals surface area (Å²) in [5.41, 5.74) is 4.85. The monoisotopic (exact) mass is 383 g/mol. The van der Waals surface area contributed by atoms with E-state index in [0.717, 1.165) is 18.4 Å². The van der Waals surface area contributed by atoms with Gasteiger partial charge in [0.05, 0.1) is 12.0 Å². The van der Waals surface area contributed by atoms with E-state index in [1.807, 2.05) is 19.1 Å². The minimum absolute atomic E-state index is 0.0582. The van der Waals surface area contributed by atoms with Crippen LogP contribution in [-0.2, 0) is 4.79 Å². The van der Waals surface area contributed by atoms with Gasteiger partial charge in [-0.15, -0.1) is 0 Å². The molecule has 0 atom stereocenters. The Hall–Kier alpha value is -2.89. The topological polar surface area (TPSA) is 83.7 Å². The van der Waals surface area contributed by atoms with Crippen molar-refractivity contribution >= 4 is 23.2 Å². The van der Waals surface area contributed by atoms with E-state index < -0.39 is 0 Å². The number of hydrogen-bond acceptors (Lipinski definition) is 4. The van der Waals surface area contributed by atoms with Gasteiger partial charge in [-0.05, 0) is 43.2 Å². The van der Waals surface area contributed by atoms with Crippen LogP contribution in [0.1, 0.15) is 74.9 Å². The van der Waals surface area contributed by atoms with Crippen LogP contribution in [0, 0.1) is 0 Å². The number of amides is 2. The van der Waals surface area contributed by atoms with Gasteiger partial charge in [0.15, 0.2) is 5.76 Å². The number of anilines is 1. The minimum Gasteiger partial charge on any atom is -0.459 e. The molecule has 1 aromatic heterocycles. The number of carbonyl (C=O) groups is 2. The van der Waals surface area contributed by atoms with Gasteiger partial charge in [-0.25, -0.2) is 5.43 Å². The first-order valence-corrected chi connectivity index (χ1v) is 9.88. The molecule has 2 rings (SSSR count). The Bertz CT molecular complexity index is 765. The Morgan fingerprint density at radius 2 is 1.71 bits per heavy atom. The number of furan rings is 1. The number of hydrazone groups is 1. The third-order valence-corrected chi connectivity index (χ3v) is 4.41. The molecule has 0 saturated carbocycles. The molecule has 0 saturated heterocycles. The zero-order valence-corrected chi connectivity index (χ0v) is 16.7. The van der Waals surface area contributed by atoms with Crippen molar-refractivity contribution in [3.8, 4) is 0 Å². The second kappa shape index (κ2) is 11.7. The van der Waals surface area contributed by atoms with Crippen molar-refractivity contribution in [1.82, 2.24) is 5.43 Å². The molecule has 0 aliphatic carbocycles. The Morgan fingerprint density at radius 3 is 2.39 bits per heavy atom. The average Bonchev–Trinajstić information content (AvgIpc) is 3.24. The van der Waals surface area contributed by atoms with Crippen LogP contribution in [0.5, 0.6) is 0 Å². The van der Waals surface area contributed by atoms with Crippen molar-refractivity contribution in [1.29, 1.82) is 0 Å². The molecule has 2 N–H and O–H groups in total. The Morgan fingerprint density at radius 1 is 1.00 bits per heavy atom. The van der Waals surface area contributed by atoms with E-state index in [9.17, 15) is 9.59 Å². The highest BCUT2D eigenvalue weighted by atomic mass is 16.3. The minimum atomic E-state index is -0.301. The molecule has 6 nitrogen and oxygen atoms in total. The Kier molecular flexibility index (Phi) is 8.98. The number of nitrogens with zero attached hydrogens (tertiary/aromatic N) is 1. The molecule has 0 radical (unpaired) electrons. The molecule has 2 amide bonds. The first-order chi connectivity index (χ1) is 13.6. The largest absolute Gasteiger partial charge is 0.459 e. The maximum Gasteiger partial charge on any atom is 0.291 e. The highest BCUT2D eigenvalue weighted by Crippen LogP contribution is 2.12. The fraction of sp³-hybridized carbons (Fsp3) is 0.409. The fourth-order valence-electron chi connectivity index (χ4n) is 2.73. The summed E-state index contributed by atoms with van der Waals surface area (Å²) in [6, 6.07) is 10.5. The standard InChI is InChI=1S/C22H29N3O3/c1-3-4-5-6-7-8-11-21(26)25-24-17(2)18-12-14-19(15-13-18)23-22(27)20-10-9-16-28-20/h9-10,12-16H,3-8,11H2,1-2H3,(H,23,27)(H,25,26)/b24-17+. The Balaban J connectivity index is 1.76. The van der Waals surface area contributed by atoms with Gasteiger partial charge < -0.3 is 9.73 Å². The lowest BCUT2D eigenvalue weighted by Crippen LogP contribution is -2.18. The van der Waals surface area contributed by atoms with Gasteiger partial charge in [-0.1, -0.05) is 51.2 Å². The van der Waals surface area contributed by atoms with Crippen LogP contribution in [0.2, 0.25) is 0 Å². The van der Waals surface area contributed by atoms with Gasteiger partial charge in [0.25, 0.3) is 5.91 Å². The molecule has 0 fully saturated rings. The molecule has 0 spiro atoms. The molecule has 0 aliphatic rings. The third-order valence-electron chi connectivity index (χ3n) is 4.41. The van der Waals surface area contributed by atoms with Gasteiger partial charge in [0.1, 0.15) is 0 Å². The van der Waals surface area contributed by atoms with Gasteiger partial charge in [-0.3, -0.25) is 9.59 Å². The maximum atomic E-state index is 12.0. The number of hydrogen-bond donors (Lipinski definition) is 2. The van der Waals surface area contributed by atoms with Gasteiger partial charge in [-0.2, -0.15) is 5.10 Å². The van der Waals surface area contributed by atoms with Crippen molar-refractivity contribution in [3.05, 3.63) is 54.0 Å². The van der Waals surface area contributed by atoms with E-state index in [4.69, 9.17) is 4.42 Å². The molecule has 2 aromatic rings. The number of unbranched alkanes of at least 4 members (excludes halogenated alkanes) is 5. The zero-order valence-electron chi connectivity index (χ0n) is 16.7. The molecular formula is C22H29N3O3. The first kappa shape index (κ1) is 21.4. The molecule has 1 heterocycles. The SMILES string of the molecule is CCCCCCCCC(=O)N/N=C(\C)c1ccc(NC(=O)c2ccco2)cc1. The summed E-state index contributed by atoms with van der Waals surface area (Å²) in [6.07, 6.45) is 8.86. The average molecular weight is 383 g/mol. The molecule has 6 heteroatoms. The van der Waals surface area contributed by atoms with Crippen molar-refractivity contribution in [2.75, 3.05) is 5.32 Å². The van der Waals surface area contributed by atoms with Crippen LogP contribution in [0.15, 0.2) is 52.2 Å². The quantitative estimate of drug-likeness (QED) is 0.321. The molecule has 1 aromatic carbocycles. The predicted octanol–water partition coefficient (Wildman–Crippen LogP) is 5.12. The summed E-state index contributed by atoms with van der Waals surface area (Å²) in [5.74, 6) is -0.0998. The van der Waals surface area contributed by atoms with Crippen LogP contribution in [0.25, 0.3) is 0 Å². The second-order valence-corrected chi connectivity index (χ2v) is 6.76. The van der Waals surface area contributed by atoms with Crippen LogP contribution in [-0.4, -0.2) is 17.5 Å². The highest BCUT2D eigenvalue weighted by Gasteiger charge is 2.08. The van der Waals surface area contributed by atoms with E-state index in [2.05, 4.69) is 22.8 Å². The van der Waals surface area contributed by atoms with Gasteiger partial charge in [0.2, 0.25) is 5.91 Å². The molecule has 28 heavy (non-hydrogen) atoms. The van der Waals surface area contributed by atoms with Gasteiger partial charge in [0, 0.05) is 12.1 Å². The fourth-order valence-corrected chi connectivity index (χ4v) is 2.73. The zero-order chi connectivity index (χ0) is 20.2. The lowest BCUT2D eigenvalue weighted by atomic mass is 10.1. The summed E-state index contributed by atoms with van der Waals surface area (Å²) < 4.78 is 5.06. The van der Waals surface area contributed by atoms with E-state index in [-0.39, 0.29) is 17.6 Å². The third kappa shape index (κ3) is 7.39. The Labute approximate surface area is 166 Å². The predicted molar refractivity (Wildman–Crippen MR) is 111 cm³/mol. The normalized spacial score (nSPS) is 11.3. The summed E-state index contributed by atoms with van der Waals surface area (Å²) in [7, 11) is 0. The molecule has 150 valence electrons. The smallest absolute Gasteiger partial charge is 0.291 e. The first-order valence-electron chi connectivity index (χ1n) is 9.88. The number of rotatable bonds is 11. The number of nitrogens with one attached hydrogen (secondary N) is 2. The van der Waals surface area contributed by atoms with Crippen molar-refractivity contribution in [3.63, 3.8) is 0 Å². The summed E-state index contributed by atoms with van der Waals surface area (Å²) in [4.78, 5) is 23.8. The lowest BCUT2D eigenvalue weighted by Gasteiger charge is -2.06. The van der Waals surface area contributed by atoms with E-state index >= 15 is 0 Å². The molecule has 0 aliphatic heterocycles. The lowest BCUT2D eigenvalue weighted by molar-refractivity contribution is -0.121. The number of benzene rings is 1. The van der Waals surface area contributed by atoms with Crippen molar-refractivity contribution in [2.24, 2.45) is 5.10 Å². The summed E-state index contributed by atoms with van der Waals surface area (Å²) >= 11 is 0. The van der Waals surface area contributed by atoms with Crippen molar-refractivity contribution in [2.45, 2.75) is 58.8 Å². The van der Waals surface area contributed by atoms with Crippen LogP contribution in [0.3, 0.4) is 0 Å². The van der Waals surface area contributed by atoms with Crippen LogP contribution < -0.4 is 10.7 Å². The van der Waals surface area contributed by atoms with Crippen LogP contribution in [0.4, 0.5) is 5.69 Å². The van der Waals surface area contributed by atoms with Crippen molar-refractivity contribution < 1.29 is 14.0 Å². The molecular weight excluding hydrogens is 354 g/mol. The number of carbonyl (C=O) groups excluding carboxylic acids is 2. The second-order valence-electron chi connectivity index (χ2n) is 6.76. The molecule has 0 bridgehead atoms. The van der Waals surface area contributed by atoms with E-state index in [1.165, 1.54) is 31.9 Å². The summed E-state index contributed by atoms with van der Waals surface area (Å²) in [5, 5.41) is 6.93. The molecule has 0 unspecified atom stereocenters.